The summed E-state index contributed by atoms with van der Waals surface area (Å²) in [6, 6.07) is 3.02. The van der Waals surface area contributed by atoms with Crippen molar-refractivity contribution in [2.75, 3.05) is 19.6 Å². The molecule has 2 nitrogen and oxygen atoms in total. The van der Waals surface area contributed by atoms with E-state index in [9.17, 15) is 13.6 Å². The number of hydrogen-bond acceptors (Lipinski definition) is 2. The van der Waals surface area contributed by atoms with Crippen LogP contribution in [0, 0.1) is 11.6 Å². The average molecular weight is 227 g/mol. The van der Waals surface area contributed by atoms with Crippen LogP contribution in [0.15, 0.2) is 18.2 Å². The summed E-state index contributed by atoms with van der Waals surface area (Å²) in [5.74, 6) is -1.78. The molecule has 1 aromatic carbocycles. The van der Waals surface area contributed by atoms with Crippen molar-refractivity contribution in [2.45, 2.75) is 13.8 Å². The molecule has 0 N–H and O–H groups in total. The van der Waals surface area contributed by atoms with E-state index in [2.05, 4.69) is 0 Å². The monoisotopic (exact) mass is 227 g/mol. The van der Waals surface area contributed by atoms with Gasteiger partial charge >= 0.3 is 0 Å². The molecular formula is C12H15F2NO. The quantitative estimate of drug-likeness (QED) is 0.720. The van der Waals surface area contributed by atoms with Crippen molar-refractivity contribution in [1.82, 2.24) is 4.90 Å². The van der Waals surface area contributed by atoms with E-state index in [1.165, 1.54) is 6.07 Å². The molecule has 1 rings (SSSR count). The second-order valence-electron chi connectivity index (χ2n) is 3.51. The van der Waals surface area contributed by atoms with E-state index in [1.807, 2.05) is 18.7 Å². The van der Waals surface area contributed by atoms with Gasteiger partial charge in [0.1, 0.15) is 11.6 Å². The third-order valence-electron chi connectivity index (χ3n) is 2.49. The second-order valence-corrected chi connectivity index (χ2v) is 3.51. The number of halogens is 2. The van der Waals surface area contributed by atoms with Crippen LogP contribution < -0.4 is 0 Å². The van der Waals surface area contributed by atoms with Gasteiger partial charge < -0.3 is 0 Å². The maximum atomic E-state index is 13.3. The fourth-order valence-electron chi connectivity index (χ4n) is 1.45. The molecule has 0 aromatic heterocycles. The lowest BCUT2D eigenvalue weighted by atomic mass is 10.1. The SMILES string of the molecule is CCN(CC)CC(=O)c1ccc(F)cc1F. The Bertz CT molecular complexity index is 375. The molecule has 0 aliphatic carbocycles. The Labute approximate surface area is 93.9 Å². The van der Waals surface area contributed by atoms with Crippen LogP contribution in [0.3, 0.4) is 0 Å². The number of nitrogens with zero attached hydrogens (tertiary/aromatic N) is 1. The van der Waals surface area contributed by atoms with Crippen molar-refractivity contribution < 1.29 is 13.6 Å². The van der Waals surface area contributed by atoms with Gasteiger partial charge in [-0.15, -0.1) is 0 Å². The average Bonchev–Trinajstić information content (AvgIpc) is 2.25. The largest absolute Gasteiger partial charge is 0.296 e. The van der Waals surface area contributed by atoms with Gasteiger partial charge in [-0.25, -0.2) is 8.78 Å². The van der Waals surface area contributed by atoms with Crippen LogP contribution in [0.25, 0.3) is 0 Å². The van der Waals surface area contributed by atoms with Crippen LogP contribution in [0.4, 0.5) is 8.78 Å². The molecule has 88 valence electrons. The van der Waals surface area contributed by atoms with E-state index in [4.69, 9.17) is 0 Å². The fraction of sp³-hybridized carbons (Fsp3) is 0.417. The lowest BCUT2D eigenvalue weighted by Crippen LogP contribution is -2.29. The molecule has 4 heteroatoms. The van der Waals surface area contributed by atoms with Gasteiger partial charge in [0.15, 0.2) is 5.78 Å². The third kappa shape index (κ3) is 3.10. The Morgan fingerprint density at radius 1 is 1.25 bits per heavy atom. The summed E-state index contributed by atoms with van der Waals surface area (Å²) in [6.07, 6.45) is 0. The number of rotatable bonds is 5. The third-order valence-corrected chi connectivity index (χ3v) is 2.49. The maximum absolute atomic E-state index is 13.3. The van der Waals surface area contributed by atoms with Gasteiger partial charge in [0, 0.05) is 6.07 Å². The molecule has 0 radical (unpaired) electrons. The Morgan fingerprint density at radius 2 is 1.88 bits per heavy atom. The minimum Gasteiger partial charge on any atom is -0.296 e. The molecule has 0 unspecified atom stereocenters. The van der Waals surface area contributed by atoms with Crippen LogP contribution in [0.2, 0.25) is 0 Å². The van der Waals surface area contributed by atoms with Crippen LogP contribution in [-0.4, -0.2) is 30.3 Å². The smallest absolute Gasteiger partial charge is 0.179 e. The Hall–Kier alpha value is -1.29. The zero-order valence-electron chi connectivity index (χ0n) is 9.46. The van der Waals surface area contributed by atoms with E-state index in [0.717, 1.165) is 25.2 Å². The molecule has 0 aliphatic rings. The summed E-state index contributed by atoms with van der Waals surface area (Å²) < 4.78 is 25.9. The standard InChI is InChI=1S/C12H15F2NO/c1-3-15(4-2)8-12(16)10-6-5-9(13)7-11(10)14/h5-7H,3-4,8H2,1-2H3. The summed E-state index contributed by atoms with van der Waals surface area (Å²) in [5.41, 5.74) is -0.0479. The normalized spacial score (nSPS) is 10.8. The summed E-state index contributed by atoms with van der Waals surface area (Å²) in [6.45, 7) is 5.47. The molecule has 0 atom stereocenters. The topological polar surface area (TPSA) is 20.3 Å². The summed E-state index contributed by atoms with van der Waals surface area (Å²) >= 11 is 0. The summed E-state index contributed by atoms with van der Waals surface area (Å²) in [7, 11) is 0. The molecule has 0 saturated heterocycles. The van der Waals surface area contributed by atoms with Crippen molar-refractivity contribution in [2.24, 2.45) is 0 Å². The Kier molecular flexibility index (Phi) is 4.55. The molecule has 0 amide bonds. The molecule has 0 fully saturated rings. The predicted octanol–water partition coefficient (Wildman–Crippen LogP) is 2.49. The van der Waals surface area contributed by atoms with Gasteiger partial charge in [0.2, 0.25) is 0 Å². The van der Waals surface area contributed by atoms with Crippen molar-refractivity contribution in [3.63, 3.8) is 0 Å². The number of likely N-dealkylation sites (N-methyl/N-ethyl adjacent to an activating group) is 1. The number of ketones is 1. The van der Waals surface area contributed by atoms with Gasteiger partial charge in [0.05, 0.1) is 12.1 Å². The summed E-state index contributed by atoms with van der Waals surface area (Å²) in [5, 5.41) is 0. The predicted molar refractivity (Wildman–Crippen MR) is 58.5 cm³/mol. The zero-order chi connectivity index (χ0) is 12.1. The van der Waals surface area contributed by atoms with E-state index >= 15 is 0 Å². The molecule has 1 aromatic rings. The molecule has 0 heterocycles. The molecule has 0 bridgehead atoms. The molecule has 0 spiro atoms. The lowest BCUT2D eigenvalue weighted by Gasteiger charge is -2.16. The maximum Gasteiger partial charge on any atom is 0.179 e. The molecular weight excluding hydrogens is 212 g/mol. The first kappa shape index (κ1) is 12.8. The molecule has 0 saturated carbocycles. The van der Waals surface area contributed by atoms with Gasteiger partial charge in [-0.05, 0) is 25.2 Å². The number of carbonyl (C=O) groups is 1. The van der Waals surface area contributed by atoms with Gasteiger partial charge in [-0.3, -0.25) is 9.69 Å². The molecule has 16 heavy (non-hydrogen) atoms. The van der Waals surface area contributed by atoms with Crippen molar-refractivity contribution in [1.29, 1.82) is 0 Å². The number of hydrogen-bond donors (Lipinski definition) is 0. The Morgan fingerprint density at radius 3 is 2.38 bits per heavy atom. The van der Waals surface area contributed by atoms with Crippen molar-refractivity contribution in [3.8, 4) is 0 Å². The highest BCUT2D eigenvalue weighted by Crippen LogP contribution is 2.10. The van der Waals surface area contributed by atoms with Crippen LogP contribution in [-0.2, 0) is 0 Å². The van der Waals surface area contributed by atoms with E-state index in [1.54, 1.807) is 0 Å². The second kappa shape index (κ2) is 5.70. The minimum absolute atomic E-state index is 0.0479. The minimum atomic E-state index is -0.794. The summed E-state index contributed by atoms with van der Waals surface area (Å²) in [4.78, 5) is 13.6. The fourth-order valence-corrected chi connectivity index (χ4v) is 1.45. The van der Waals surface area contributed by atoms with Crippen molar-refractivity contribution >= 4 is 5.78 Å². The Balaban J connectivity index is 2.80. The first-order valence-corrected chi connectivity index (χ1v) is 5.29. The number of benzene rings is 1. The van der Waals surface area contributed by atoms with Gasteiger partial charge in [-0.2, -0.15) is 0 Å². The highest BCUT2D eigenvalue weighted by Gasteiger charge is 2.14. The van der Waals surface area contributed by atoms with E-state index in [0.29, 0.717) is 0 Å². The van der Waals surface area contributed by atoms with E-state index in [-0.39, 0.29) is 17.9 Å². The van der Waals surface area contributed by atoms with Gasteiger partial charge in [-0.1, -0.05) is 13.8 Å². The zero-order valence-corrected chi connectivity index (χ0v) is 9.46. The van der Waals surface area contributed by atoms with Crippen LogP contribution in [0.5, 0.6) is 0 Å². The number of carbonyl (C=O) groups excluding carboxylic acids is 1. The lowest BCUT2D eigenvalue weighted by molar-refractivity contribution is 0.0933. The number of Topliss-reactive ketones (excluding diaryl/α,β-unsaturated/α-hetero) is 1. The van der Waals surface area contributed by atoms with Crippen LogP contribution >= 0.6 is 0 Å². The first-order valence-electron chi connectivity index (χ1n) is 5.29. The first-order chi connectivity index (χ1) is 7.58. The van der Waals surface area contributed by atoms with E-state index < -0.39 is 11.6 Å². The molecule has 0 aliphatic heterocycles. The highest BCUT2D eigenvalue weighted by molar-refractivity contribution is 5.97. The van der Waals surface area contributed by atoms with Gasteiger partial charge in [0.25, 0.3) is 0 Å². The highest BCUT2D eigenvalue weighted by atomic mass is 19.1. The van der Waals surface area contributed by atoms with Crippen LogP contribution in [0.1, 0.15) is 24.2 Å². The van der Waals surface area contributed by atoms with Crippen molar-refractivity contribution in [3.05, 3.63) is 35.4 Å².